The average Bonchev–Trinajstić information content (AvgIpc) is 3.17. The lowest BCUT2D eigenvalue weighted by atomic mass is 9.75. The first-order valence-corrected chi connectivity index (χ1v) is 19.1. The number of rotatable bonds is 16. The van der Waals surface area contributed by atoms with Crippen LogP contribution < -0.4 is 9.47 Å². The lowest BCUT2D eigenvalue weighted by molar-refractivity contribution is -0.154. The van der Waals surface area contributed by atoms with E-state index in [2.05, 4.69) is 6.58 Å². The molecule has 0 saturated carbocycles. The molecule has 4 rings (SSSR count). The molecule has 0 heterocycles. The maximum Gasteiger partial charge on any atom is 0.347 e. The average molecular weight is 817 g/mol. The Balaban J connectivity index is 1.77. The molecule has 0 saturated heterocycles. The molecular weight excluding hydrogens is 769 g/mol. The number of ether oxygens (including phenoxy) is 4. The highest BCUT2D eigenvalue weighted by Crippen LogP contribution is 2.39. The molecule has 0 spiro atoms. The standard InChI is InChI=1S/C47H48F4O8/c1-10-13-14-28(4)56-43(54)45(5,6)27-46(7,8)44(55)58-40-22-16-29(33-19-17-31(48)25-37(33)50)23-35(40)41(52)57-39-21-15-30(34-20-18-32(49)26-38(34)51)24-36(39)42(53)59-47(9,11-2)12-3/h13-26H,4,10-12,27H2,1-3,5-9H3/b14-13-. The van der Waals surface area contributed by atoms with E-state index in [1.54, 1.807) is 46.8 Å². The van der Waals surface area contributed by atoms with Crippen LogP contribution in [0.15, 0.2) is 97.3 Å². The van der Waals surface area contributed by atoms with E-state index in [9.17, 15) is 32.3 Å². The Morgan fingerprint density at radius 1 is 0.627 bits per heavy atom. The monoisotopic (exact) mass is 816 g/mol. The lowest BCUT2D eigenvalue weighted by Gasteiger charge is -2.31. The third-order valence-electron chi connectivity index (χ3n) is 9.88. The van der Waals surface area contributed by atoms with Gasteiger partial charge in [-0.3, -0.25) is 9.59 Å². The van der Waals surface area contributed by atoms with Crippen LogP contribution in [0.25, 0.3) is 22.3 Å². The van der Waals surface area contributed by atoms with Crippen LogP contribution in [0.5, 0.6) is 11.5 Å². The van der Waals surface area contributed by atoms with E-state index in [0.29, 0.717) is 31.4 Å². The molecule has 8 nitrogen and oxygen atoms in total. The molecule has 4 aromatic carbocycles. The SMILES string of the molecule is C=C(/C=C\CC)OC(=O)C(C)(C)CC(C)(C)C(=O)Oc1ccc(-c2ccc(F)cc2F)cc1C(=O)Oc1ccc(-c2ccc(F)cc2F)cc1C(=O)OC(C)(CC)CC. The number of carbonyl (C=O) groups is 4. The quantitative estimate of drug-likeness (QED) is 0.0362. The van der Waals surface area contributed by atoms with Gasteiger partial charge in [-0.15, -0.1) is 0 Å². The van der Waals surface area contributed by atoms with Crippen molar-refractivity contribution in [3.05, 3.63) is 132 Å². The molecule has 12 heteroatoms. The minimum Gasteiger partial charge on any atom is -0.456 e. The van der Waals surface area contributed by atoms with Crippen molar-refractivity contribution in [3.63, 3.8) is 0 Å². The van der Waals surface area contributed by atoms with Gasteiger partial charge in [-0.25, -0.2) is 27.2 Å². The number of halogens is 4. The summed E-state index contributed by atoms with van der Waals surface area (Å²) in [5, 5.41) is 0. The van der Waals surface area contributed by atoms with Crippen molar-refractivity contribution >= 4 is 23.9 Å². The molecule has 0 fully saturated rings. The van der Waals surface area contributed by atoms with E-state index in [4.69, 9.17) is 18.9 Å². The number of carbonyl (C=O) groups excluding carboxylic acids is 4. The third-order valence-corrected chi connectivity index (χ3v) is 9.88. The second-order valence-electron chi connectivity index (χ2n) is 15.6. The van der Waals surface area contributed by atoms with E-state index in [0.717, 1.165) is 18.2 Å². The van der Waals surface area contributed by atoms with Gasteiger partial charge in [0.15, 0.2) is 0 Å². The molecular formula is C47H48F4O8. The number of allylic oxidation sites excluding steroid dienone is 2. The number of hydrogen-bond donors (Lipinski definition) is 0. The summed E-state index contributed by atoms with van der Waals surface area (Å²) in [4.78, 5) is 55.0. The summed E-state index contributed by atoms with van der Waals surface area (Å²) in [6, 6.07) is 13.4. The van der Waals surface area contributed by atoms with E-state index in [-0.39, 0.29) is 51.5 Å². The van der Waals surface area contributed by atoms with Gasteiger partial charge in [0.2, 0.25) is 0 Å². The van der Waals surface area contributed by atoms with Crippen molar-refractivity contribution in [2.24, 2.45) is 10.8 Å². The molecule has 0 N–H and O–H groups in total. The maximum absolute atomic E-state index is 15.0. The molecule has 4 aromatic rings. The van der Waals surface area contributed by atoms with Gasteiger partial charge in [0.05, 0.1) is 10.8 Å². The molecule has 0 aliphatic rings. The molecule has 0 amide bonds. The van der Waals surface area contributed by atoms with Crippen LogP contribution in [0.1, 0.15) is 102 Å². The topological polar surface area (TPSA) is 105 Å². The Hall–Kier alpha value is -6.04. The molecule has 0 unspecified atom stereocenters. The van der Waals surface area contributed by atoms with Crippen LogP contribution in [-0.2, 0) is 19.1 Å². The minimum absolute atomic E-state index is 0.0485. The van der Waals surface area contributed by atoms with Gasteiger partial charge in [0.1, 0.15) is 57.3 Å². The fraction of sp³-hybridized carbons (Fsp3) is 0.319. The number of benzene rings is 4. The fourth-order valence-electron chi connectivity index (χ4n) is 6.19. The Kier molecular flexibility index (Phi) is 14.5. The summed E-state index contributed by atoms with van der Waals surface area (Å²) in [5.41, 5.74) is -4.10. The van der Waals surface area contributed by atoms with Crippen molar-refractivity contribution in [2.45, 2.75) is 86.7 Å². The fourth-order valence-corrected chi connectivity index (χ4v) is 6.19. The molecule has 0 bridgehead atoms. The van der Waals surface area contributed by atoms with Crippen molar-refractivity contribution < 1.29 is 55.7 Å². The van der Waals surface area contributed by atoms with Gasteiger partial charge in [-0.05, 0) is 126 Å². The molecule has 0 radical (unpaired) electrons. The molecule has 59 heavy (non-hydrogen) atoms. The van der Waals surface area contributed by atoms with Gasteiger partial charge in [-0.2, -0.15) is 0 Å². The smallest absolute Gasteiger partial charge is 0.347 e. The van der Waals surface area contributed by atoms with Crippen LogP contribution in [0.3, 0.4) is 0 Å². The zero-order chi connectivity index (χ0) is 43.9. The Morgan fingerprint density at radius 3 is 1.58 bits per heavy atom. The maximum atomic E-state index is 15.0. The summed E-state index contributed by atoms with van der Waals surface area (Å²) < 4.78 is 80.4. The predicted molar refractivity (Wildman–Crippen MR) is 215 cm³/mol. The molecule has 312 valence electrons. The summed E-state index contributed by atoms with van der Waals surface area (Å²) in [7, 11) is 0. The van der Waals surface area contributed by atoms with Crippen LogP contribution in [0.4, 0.5) is 17.6 Å². The number of esters is 4. The highest BCUT2D eigenvalue weighted by Gasteiger charge is 2.42. The minimum atomic E-state index is -1.36. The normalized spacial score (nSPS) is 11.9. The van der Waals surface area contributed by atoms with Gasteiger partial charge >= 0.3 is 23.9 Å². The van der Waals surface area contributed by atoms with E-state index in [1.807, 2.05) is 20.8 Å². The first-order valence-electron chi connectivity index (χ1n) is 19.1. The molecule has 0 atom stereocenters. The van der Waals surface area contributed by atoms with Crippen molar-refractivity contribution in [3.8, 4) is 33.8 Å². The molecule has 0 aliphatic carbocycles. The van der Waals surface area contributed by atoms with Crippen LogP contribution in [0, 0.1) is 34.1 Å². The Labute approximate surface area is 341 Å². The van der Waals surface area contributed by atoms with Crippen molar-refractivity contribution in [1.82, 2.24) is 0 Å². The van der Waals surface area contributed by atoms with Crippen molar-refractivity contribution in [1.29, 1.82) is 0 Å². The van der Waals surface area contributed by atoms with Crippen LogP contribution in [-0.4, -0.2) is 29.5 Å². The van der Waals surface area contributed by atoms with Gasteiger partial charge in [0.25, 0.3) is 0 Å². The number of hydrogen-bond acceptors (Lipinski definition) is 8. The largest absolute Gasteiger partial charge is 0.456 e. The molecule has 0 aliphatic heterocycles. The van der Waals surface area contributed by atoms with Gasteiger partial charge in [0, 0.05) is 23.3 Å². The highest BCUT2D eigenvalue weighted by atomic mass is 19.1. The zero-order valence-corrected chi connectivity index (χ0v) is 34.4. The highest BCUT2D eigenvalue weighted by molar-refractivity contribution is 6.00. The van der Waals surface area contributed by atoms with Crippen LogP contribution in [0.2, 0.25) is 0 Å². The Morgan fingerprint density at radius 2 is 1.10 bits per heavy atom. The Bertz CT molecular complexity index is 2290. The summed E-state index contributed by atoms with van der Waals surface area (Å²) in [5.74, 6) is -7.59. The van der Waals surface area contributed by atoms with Crippen LogP contribution >= 0.6 is 0 Å². The predicted octanol–water partition coefficient (Wildman–Crippen LogP) is 11.9. The molecule has 0 aromatic heterocycles. The summed E-state index contributed by atoms with van der Waals surface area (Å²) in [6.07, 6.45) is 4.82. The zero-order valence-electron chi connectivity index (χ0n) is 34.4. The summed E-state index contributed by atoms with van der Waals surface area (Å²) >= 11 is 0. The third kappa shape index (κ3) is 11.3. The first kappa shape index (κ1) is 45.7. The van der Waals surface area contributed by atoms with E-state index < -0.39 is 69.1 Å². The van der Waals surface area contributed by atoms with Gasteiger partial charge < -0.3 is 18.9 Å². The second-order valence-corrected chi connectivity index (χ2v) is 15.6. The van der Waals surface area contributed by atoms with E-state index in [1.165, 1.54) is 42.5 Å². The summed E-state index contributed by atoms with van der Waals surface area (Å²) in [6.45, 7) is 17.3. The second kappa shape index (κ2) is 18.7. The van der Waals surface area contributed by atoms with E-state index >= 15 is 4.39 Å². The van der Waals surface area contributed by atoms with Crippen molar-refractivity contribution in [2.75, 3.05) is 0 Å². The van der Waals surface area contributed by atoms with Gasteiger partial charge in [-0.1, -0.05) is 45.6 Å². The lowest BCUT2D eigenvalue weighted by Crippen LogP contribution is -2.38. The first-order chi connectivity index (χ1) is 27.6.